The van der Waals surface area contributed by atoms with Crippen molar-refractivity contribution in [2.75, 3.05) is 6.61 Å². The van der Waals surface area contributed by atoms with Crippen LogP contribution in [0.1, 0.15) is 36.9 Å². The summed E-state index contributed by atoms with van der Waals surface area (Å²) in [6, 6.07) is 0.170. The lowest BCUT2D eigenvalue weighted by Gasteiger charge is -2.26. The Balaban J connectivity index is 1.98. The van der Waals surface area contributed by atoms with E-state index in [1.54, 1.807) is 4.68 Å². The molecular formula is C13H23ClN4O. The van der Waals surface area contributed by atoms with Gasteiger partial charge in [0, 0.05) is 25.3 Å². The fourth-order valence-electron chi connectivity index (χ4n) is 2.67. The minimum Gasteiger partial charge on any atom is -0.378 e. The molecule has 2 unspecified atom stereocenters. The largest absolute Gasteiger partial charge is 0.378 e. The summed E-state index contributed by atoms with van der Waals surface area (Å²) < 4.78 is 7.47. The van der Waals surface area contributed by atoms with E-state index >= 15 is 0 Å². The third-order valence-corrected chi connectivity index (χ3v) is 4.25. The van der Waals surface area contributed by atoms with Gasteiger partial charge in [-0.25, -0.2) is 0 Å². The van der Waals surface area contributed by atoms with Gasteiger partial charge in [-0.05, 0) is 39.0 Å². The second-order valence-electron chi connectivity index (χ2n) is 5.27. The van der Waals surface area contributed by atoms with Crippen LogP contribution in [0.2, 0.25) is 5.15 Å². The molecule has 19 heavy (non-hydrogen) atoms. The van der Waals surface area contributed by atoms with E-state index in [0.717, 1.165) is 37.1 Å². The molecule has 0 saturated carbocycles. The molecule has 0 spiro atoms. The van der Waals surface area contributed by atoms with Crippen LogP contribution < -0.4 is 11.3 Å². The highest BCUT2D eigenvalue weighted by molar-refractivity contribution is 6.30. The summed E-state index contributed by atoms with van der Waals surface area (Å²) in [6.07, 6.45) is 5.55. The lowest BCUT2D eigenvalue weighted by Crippen LogP contribution is -2.40. The van der Waals surface area contributed by atoms with Crippen LogP contribution >= 0.6 is 11.6 Å². The van der Waals surface area contributed by atoms with E-state index in [1.807, 2.05) is 14.0 Å². The molecule has 2 heterocycles. The number of halogens is 1. The predicted molar refractivity (Wildman–Crippen MR) is 76.0 cm³/mol. The lowest BCUT2D eigenvalue weighted by molar-refractivity contribution is 0.00523. The first-order chi connectivity index (χ1) is 9.11. The molecule has 0 aromatic carbocycles. The zero-order chi connectivity index (χ0) is 13.8. The van der Waals surface area contributed by atoms with Crippen LogP contribution in [0, 0.1) is 6.92 Å². The number of aromatic nitrogens is 2. The van der Waals surface area contributed by atoms with Gasteiger partial charge in [0.05, 0.1) is 11.8 Å². The molecule has 1 saturated heterocycles. The van der Waals surface area contributed by atoms with Gasteiger partial charge in [0.15, 0.2) is 0 Å². The Bertz CT molecular complexity index is 415. The van der Waals surface area contributed by atoms with Gasteiger partial charge in [-0.1, -0.05) is 11.6 Å². The van der Waals surface area contributed by atoms with Crippen LogP contribution in [-0.4, -0.2) is 28.5 Å². The molecule has 1 aromatic heterocycles. The summed E-state index contributed by atoms with van der Waals surface area (Å²) in [4.78, 5) is 0. The van der Waals surface area contributed by atoms with Gasteiger partial charge in [0.1, 0.15) is 5.15 Å². The maximum atomic E-state index is 6.26. The SMILES string of the molecule is Cc1nn(C)c(Cl)c1CC(CC1CCCCO1)NN. The van der Waals surface area contributed by atoms with E-state index in [9.17, 15) is 0 Å². The van der Waals surface area contributed by atoms with Crippen molar-refractivity contribution in [2.45, 2.75) is 51.2 Å². The fourth-order valence-corrected chi connectivity index (χ4v) is 2.92. The van der Waals surface area contributed by atoms with Crippen molar-refractivity contribution >= 4 is 11.6 Å². The molecule has 1 aliphatic heterocycles. The molecule has 1 fully saturated rings. The average molecular weight is 287 g/mol. The minimum absolute atomic E-state index is 0.170. The Labute approximate surface area is 119 Å². The number of nitrogens with zero attached hydrogens (tertiary/aromatic N) is 2. The van der Waals surface area contributed by atoms with Crippen molar-refractivity contribution in [3.8, 4) is 0 Å². The summed E-state index contributed by atoms with van der Waals surface area (Å²) in [5, 5.41) is 5.03. The third kappa shape index (κ3) is 3.69. The molecule has 0 amide bonds. The standard InChI is InChI=1S/C13H23ClN4O/c1-9-12(13(14)18(2)17-9)8-10(16-15)7-11-5-3-4-6-19-11/h10-11,16H,3-8,15H2,1-2H3. The lowest BCUT2D eigenvalue weighted by atomic mass is 9.97. The smallest absolute Gasteiger partial charge is 0.130 e. The number of hydrogen-bond donors (Lipinski definition) is 2. The number of hydrogen-bond acceptors (Lipinski definition) is 4. The molecule has 5 nitrogen and oxygen atoms in total. The number of hydrazine groups is 1. The molecule has 1 aliphatic rings. The second-order valence-corrected chi connectivity index (χ2v) is 5.63. The van der Waals surface area contributed by atoms with E-state index in [0.29, 0.717) is 11.3 Å². The third-order valence-electron chi connectivity index (χ3n) is 3.78. The van der Waals surface area contributed by atoms with Crippen LogP contribution in [-0.2, 0) is 18.2 Å². The number of rotatable bonds is 5. The van der Waals surface area contributed by atoms with Crippen LogP contribution in [0.15, 0.2) is 0 Å². The minimum atomic E-state index is 0.170. The maximum absolute atomic E-state index is 6.26. The monoisotopic (exact) mass is 286 g/mol. The molecule has 1 aromatic rings. The van der Waals surface area contributed by atoms with Gasteiger partial charge in [-0.3, -0.25) is 16.0 Å². The Morgan fingerprint density at radius 2 is 2.37 bits per heavy atom. The quantitative estimate of drug-likeness (QED) is 0.639. The first-order valence-corrected chi connectivity index (χ1v) is 7.25. The first kappa shape index (κ1) is 14.8. The zero-order valence-corrected chi connectivity index (χ0v) is 12.4. The number of nitrogens with two attached hydrogens (primary N) is 1. The van der Waals surface area contributed by atoms with E-state index in [4.69, 9.17) is 22.2 Å². The summed E-state index contributed by atoms with van der Waals surface area (Å²) in [5.41, 5.74) is 4.93. The van der Waals surface area contributed by atoms with Crippen molar-refractivity contribution in [3.63, 3.8) is 0 Å². The van der Waals surface area contributed by atoms with E-state index < -0.39 is 0 Å². The highest BCUT2D eigenvalue weighted by Gasteiger charge is 2.22. The van der Waals surface area contributed by atoms with Crippen molar-refractivity contribution in [1.29, 1.82) is 0 Å². The second kappa shape index (κ2) is 6.70. The molecule has 2 rings (SSSR count). The van der Waals surface area contributed by atoms with Crippen molar-refractivity contribution in [3.05, 3.63) is 16.4 Å². The van der Waals surface area contributed by atoms with Gasteiger partial charge in [-0.2, -0.15) is 5.10 Å². The summed E-state index contributed by atoms with van der Waals surface area (Å²) >= 11 is 6.26. The van der Waals surface area contributed by atoms with Crippen LogP contribution in [0.5, 0.6) is 0 Å². The molecule has 3 N–H and O–H groups in total. The van der Waals surface area contributed by atoms with Crippen molar-refractivity contribution < 1.29 is 4.74 Å². The van der Waals surface area contributed by atoms with Crippen LogP contribution in [0.3, 0.4) is 0 Å². The molecule has 6 heteroatoms. The first-order valence-electron chi connectivity index (χ1n) is 6.87. The predicted octanol–water partition coefficient (Wildman–Crippen LogP) is 1.72. The number of nitrogens with one attached hydrogen (secondary N) is 1. The molecule has 0 bridgehead atoms. The van der Waals surface area contributed by atoms with Crippen LogP contribution in [0.25, 0.3) is 0 Å². The normalized spacial score (nSPS) is 21.6. The van der Waals surface area contributed by atoms with Gasteiger partial charge >= 0.3 is 0 Å². The zero-order valence-electron chi connectivity index (χ0n) is 11.7. The Morgan fingerprint density at radius 3 is 2.89 bits per heavy atom. The summed E-state index contributed by atoms with van der Waals surface area (Å²) in [5.74, 6) is 5.67. The van der Waals surface area contributed by atoms with Gasteiger partial charge in [0.25, 0.3) is 0 Å². The molecule has 0 radical (unpaired) electrons. The molecule has 108 valence electrons. The van der Waals surface area contributed by atoms with E-state index in [2.05, 4.69) is 10.5 Å². The Hall–Kier alpha value is -0.620. The molecular weight excluding hydrogens is 264 g/mol. The highest BCUT2D eigenvalue weighted by atomic mass is 35.5. The highest BCUT2D eigenvalue weighted by Crippen LogP contribution is 2.23. The fraction of sp³-hybridized carbons (Fsp3) is 0.769. The molecule has 0 aliphatic carbocycles. The maximum Gasteiger partial charge on any atom is 0.130 e. The van der Waals surface area contributed by atoms with E-state index in [-0.39, 0.29) is 6.04 Å². The van der Waals surface area contributed by atoms with Crippen LogP contribution in [0.4, 0.5) is 0 Å². The van der Waals surface area contributed by atoms with Crippen molar-refractivity contribution in [2.24, 2.45) is 12.9 Å². The van der Waals surface area contributed by atoms with Gasteiger partial charge < -0.3 is 4.74 Å². The van der Waals surface area contributed by atoms with Gasteiger partial charge in [0.2, 0.25) is 0 Å². The number of aryl methyl sites for hydroxylation is 2. The van der Waals surface area contributed by atoms with Gasteiger partial charge in [-0.15, -0.1) is 0 Å². The number of ether oxygens (including phenoxy) is 1. The summed E-state index contributed by atoms with van der Waals surface area (Å²) in [7, 11) is 1.86. The van der Waals surface area contributed by atoms with Crippen molar-refractivity contribution in [1.82, 2.24) is 15.2 Å². The topological polar surface area (TPSA) is 65.1 Å². The average Bonchev–Trinajstić information content (AvgIpc) is 2.65. The summed E-state index contributed by atoms with van der Waals surface area (Å²) in [6.45, 7) is 2.85. The Kier molecular flexibility index (Phi) is 5.21. The molecule has 2 atom stereocenters. The van der Waals surface area contributed by atoms with E-state index in [1.165, 1.54) is 12.8 Å². The Morgan fingerprint density at radius 1 is 1.58 bits per heavy atom.